The van der Waals surface area contributed by atoms with E-state index < -0.39 is 0 Å². The third-order valence-electron chi connectivity index (χ3n) is 3.02. The smallest absolute Gasteiger partial charge is 0.123 e. The number of halogens is 3. The lowest BCUT2D eigenvalue weighted by Gasteiger charge is -2.10. The third-order valence-corrected chi connectivity index (χ3v) is 3.65. The topological polar surface area (TPSA) is 12.0 Å². The molecule has 1 nitrogen and oxygen atoms in total. The van der Waals surface area contributed by atoms with E-state index in [1.807, 2.05) is 12.1 Å². The quantitative estimate of drug-likeness (QED) is 0.717. The number of benzene rings is 2. The molecule has 4 heteroatoms. The van der Waals surface area contributed by atoms with E-state index in [-0.39, 0.29) is 5.82 Å². The molecule has 0 aliphatic heterocycles. The van der Waals surface area contributed by atoms with Gasteiger partial charge in [-0.15, -0.1) is 11.6 Å². The number of hydrogen-bond donors (Lipinski definition) is 1. The van der Waals surface area contributed by atoms with Crippen molar-refractivity contribution in [3.63, 3.8) is 0 Å². The second kappa shape index (κ2) is 7.51. The Kier molecular flexibility index (Phi) is 5.69. The normalized spacial score (nSPS) is 10.6. The molecular formula is C16H16Cl2FN. The highest BCUT2D eigenvalue weighted by atomic mass is 35.5. The summed E-state index contributed by atoms with van der Waals surface area (Å²) in [6, 6.07) is 12.5. The van der Waals surface area contributed by atoms with E-state index in [9.17, 15) is 4.39 Å². The molecule has 2 aromatic carbocycles. The van der Waals surface area contributed by atoms with Gasteiger partial charge in [-0.2, -0.15) is 0 Å². The fourth-order valence-electron chi connectivity index (χ4n) is 1.98. The summed E-state index contributed by atoms with van der Waals surface area (Å²) in [6.45, 7) is 0.496. The molecule has 0 aromatic heterocycles. The van der Waals surface area contributed by atoms with Gasteiger partial charge in [-0.1, -0.05) is 23.7 Å². The monoisotopic (exact) mass is 311 g/mol. The van der Waals surface area contributed by atoms with Gasteiger partial charge >= 0.3 is 0 Å². The van der Waals surface area contributed by atoms with Crippen molar-refractivity contribution in [2.75, 3.05) is 11.2 Å². The lowest BCUT2D eigenvalue weighted by Crippen LogP contribution is -2.01. The maximum absolute atomic E-state index is 13.2. The van der Waals surface area contributed by atoms with Gasteiger partial charge in [0.25, 0.3) is 0 Å². The molecule has 1 N–H and O–H groups in total. The molecule has 0 unspecified atom stereocenters. The van der Waals surface area contributed by atoms with Gasteiger partial charge in [-0.25, -0.2) is 4.39 Å². The molecule has 0 spiro atoms. The summed E-state index contributed by atoms with van der Waals surface area (Å²) in [4.78, 5) is 0. The summed E-state index contributed by atoms with van der Waals surface area (Å²) >= 11 is 11.7. The fourth-order valence-corrected chi connectivity index (χ4v) is 2.30. The second-order valence-electron chi connectivity index (χ2n) is 4.58. The van der Waals surface area contributed by atoms with Crippen molar-refractivity contribution >= 4 is 28.9 Å². The van der Waals surface area contributed by atoms with Gasteiger partial charge in [-0.05, 0) is 54.3 Å². The van der Waals surface area contributed by atoms with Crippen LogP contribution in [0.5, 0.6) is 0 Å². The molecule has 0 aliphatic carbocycles. The van der Waals surface area contributed by atoms with Gasteiger partial charge in [0.15, 0.2) is 0 Å². The summed E-state index contributed by atoms with van der Waals surface area (Å²) in [5, 5.41) is 3.83. The molecule has 106 valence electrons. The average Bonchev–Trinajstić information content (AvgIpc) is 2.46. The number of anilines is 1. The van der Waals surface area contributed by atoms with E-state index in [4.69, 9.17) is 23.2 Å². The first kappa shape index (κ1) is 15.1. The van der Waals surface area contributed by atoms with Crippen LogP contribution in [0.2, 0.25) is 5.02 Å². The molecule has 0 atom stereocenters. The lowest BCUT2D eigenvalue weighted by atomic mass is 10.1. The first-order valence-corrected chi connectivity index (χ1v) is 7.43. The maximum atomic E-state index is 13.2. The van der Waals surface area contributed by atoms with E-state index in [1.54, 1.807) is 6.07 Å². The van der Waals surface area contributed by atoms with Crippen molar-refractivity contribution in [1.29, 1.82) is 0 Å². The molecule has 0 heterocycles. The van der Waals surface area contributed by atoms with Crippen molar-refractivity contribution < 1.29 is 4.39 Å². The van der Waals surface area contributed by atoms with E-state index >= 15 is 0 Å². The van der Waals surface area contributed by atoms with Gasteiger partial charge in [0, 0.05) is 23.1 Å². The minimum atomic E-state index is -0.276. The molecule has 0 aliphatic rings. The summed E-state index contributed by atoms with van der Waals surface area (Å²) < 4.78 is 13.2. The summed E-state index contributed by atoms with van der Waals surface area (Å²) in [6.07, 6.45) is 1.92. The van der Waals surface area contributed by atoms with Crippen LogP contribution >= 0.6 is 23.2 Å². The molecule has 0 radical (unpaired) electrons. The molecule has 0 bridgehead atoms. The Balaban J connectivity index is 2.01. The first-order valence-electron chi connectivity index (χ1n) is 6.52. The van der Waals surface area contributed by atoms with Crippen molar-refractivity contribution in [2.45, 2.75) is 19.4 Å². The van der Waals surface area contributed by atoms with Gasteiger partial charge < -0.3 is 5.32 Å². The van der Waals surface area contributed by atoms with E-state index in [1.165, 1.54) is 17.7 Å². The summed E-state index contributed by atoms with van der Waals surface area (Å²) in [7, 11) is 0. The van der Waals surface area contributed by atoms with Crippen LogP contribution in [0.25, 0.3) is 0 Å². The van der Waals surface area contributed by atoms with Crippen LogP contribution in [0.15, 0.2) is 42.5 Å². The van der Waals surface area contributed by atoms with E-state index in [0.717, 1.165) is 24.1 Å². The van der Waals surface area contributed by atoms with Crippen LogP contribution in [0.3, 0.4) is 0 Å². The van der Waals surface area contributed by atoms with Crippen LogP contribution in [-0.4, -0.2) is 5.88 Å². The third kappa shape index (κ3) is 4.39. The molecule has 0 fully saturated rings. The molecule has 2 aromatic rings. The molecule has 0 saturated heterocycles. The zero-order valence-electron chi connectivity index (χ0n) is 11.0. The highest BCUT2D eigenvalue weighted by molar-refractivity contribution is 6.31. The average molecular weight is 312 g/mol. The largest absolute Gasteiger partial charge is 0.381 e. The minimum Gasteiger partial charge on any atom is -0.381 e. The Hall–Kier alpha value is -1.25. The van der Waals surface area contributed by atoms with Gasteiger partial charge in [0.1, 0.15) is 5.82 Å². The van der Waals surface area contributed by atoms with Crippen molar-refractivity contribution in [3.05, 3.63) is 64.4 Å². The number of alkyl halides is 1. The maximum Gasteiger partial charge on any atom is 0.123 e. The van der Waals surface area contributed by atoms with Crippen molar-refractivity contribution in [2.24, 2.45) is 0 Å². The highest BCUT2D eigenvalue weighted by Crippen LogP contribution is 2.19. The number of aryl methyl sites for hydroxylation is 1. The van der Waals surface area contributed by atoms with Crippen LogP contribution < -0.4 is 5.32 Å². The number of rotatable bonds is 6. The van der Waals surface area contributed by atoms with Crippen molar-refractivity contribution in [1.82, 2.24) is 0 Å². The Morgan fingerprint density at radius 1 is 1.10 bits per heavy atom. The molecular weight excluding hydrogens is 296 g/mol. The van der Waals surface area contributed by atoms with Gasteiger partial charge in [0.2, 0.25) is 0 Å². The fraction of sp³-hybridized carbons (Fsp3) is 0.250. The summed E-state index contributed by atoms with van der Waals surface area (Å²) in [5.74, 6) is 0.387. The minimum absolute atomic E-state index is 0.276. The number of hydrogen-bond acceptors (Lipinski definition) is 1. The second-order valence-corrected chi connectivity index (χ2v) is 5.37. The van der Waals surface area contributed by atoms with E-state index in [2.05, 4.69) is 17.4 Å². The van der Waals surface area contributed by atoms with Gasteiger partial charge in [-0.3, -0.25) is 0 Å². The summed E-state index contributed by atoms with van der Waals surface area (Å²) in [5.41, 5.74) is 2.98. The predicted molar refractivity (Wildman–Crippen MR) is 84.2 cm³/mol. The molecule has 0 saturated carbocycles. The van der Waals surface area contributed by atoms with Crippen LogP contribution in [0.4, 0.5) is 10.1 Å². The Labute approximate surface area is 128 Å². The van der Waals surface area contributed by atoms with Crippen LogP contribution in [0, 0.1) is 5.82 Å². The lowest BCUT2D eigenvalue weighted by molar-refractivity contribution is 0.626. The molecule has 2 rings (SSSR count). The van der Waals surface area contributed by atoms with E-state index in [0.29, 0.717) is 17.4 Å². The SMILES string of the molecule is Fc1ccc(Cl)c(CNc2cccc(CCCCl)c2)c1. The van der Waals surface area contributed by atoms with Crippen LogP contribution in [-0.2, 0) is 13.0 Å². The first-order chi connectivity index (χ1) is 9.69. The Morgan fingerprint density at radius 2 is 1.95 bits per heavy atom. The Morgan fingerprint density at radius 3 is 2.75 bits per heavy atom. The Bertz CT molecular complexity index is 572. The zero-order chi connectivity index (χ0) is 14.4. The molecule has 0 amide bonds. The van der Waals surface area contributed by atoms with Crippen molar-refractivity contribution in [3.8, 4) is 0 Å². The number of nitrogens with one attached hydrogen (secondary N) is 1. The predicted octanol–water partition coefficient (Wildman–Crippen LogP) is 5.26. The zero-order valence-corrected chi connectivity index (χ0v) is 12.5. The standard InChI is InChI=1S/C16H16Cl2FN/c17-8-2-4-12-3-1-5-15(9-12)20-11-13-10-14(19)6-7-16(13)18/h1,3,5-7,9-10,20H,2,4,8,11H2. The highest BCUT2D eigenvalue weighted by Gasteiger charge is 2.02. The van der Waals surface area contributed by atoms with Crippen LogP contribution in [0.1, 0.15) is 17.5 Å². The van der Waals surface area contributed by atoms with Gasteiger partial charge in [0.05, 0.1) is 0 Å². The molecule has 20 heavy (non-hydrogen) atoms.